The van der Waals surface area contributed by atoms with Crippen LogP contribution in [0.25, 0.3) is 0 Å². The third kappa shape index (κ3) is 4.65. The number of ketones is 1. The highest BCUT2D eigenvalue weighted by molar-refractivity contribution is 7.16. The number of rotatable bonds is 4. The molecule has 1 aliphatic heterocycles. The number of thiophene rings is 1. The molecule has 1 aromatic heterocycles. The molecule has 1 amide bonds. The van der Waals surface area contributed by atoms with Gasteiger partial charge in [0, 0.05) is 34.5 Å². The monoisotopic (exact) mass is 558 g/mol. The van der Waals surface area contributed by atoms with Gasteiger partial charge in [0.2, 0.25) is 0 Å². The standard InChI is InChI=1S/C25H23Cl2F3N2O3S/c26-14-8-13(9-15(27)10-14)24(25(28,29)30)12-20(32-35-24)21-18-6-1-2-7-19(18)22(36-21)23(34)31-16-4-3-5-17(33)11-16/h8-10,16H,1-7,11-12H2,(H,31,34). The van der Waals surface area contributed by atoms with Crippen LogP contribution in [-0.2, 0) is 28.1 Å². The van der Waals surface area contributed by atoms with Gasteiger partial charge in [-0.25, -0.2) is 0 Å². The number of hydrogen-bond donors (Lipinski definition) is 1. The van der Waals surface area contributed by atoms with Crippen LogP contribution in [-0.4, -0.2) is 29.6 Å². The van der Waals surface area contributed by atoms with Crippen molar-refractivity contribution in [2.45, 2.75) is 75.6 Å². The van der Waals surface area contributed by atoms with Gasteiger partial charge >= 0.3 is 6.18 Å². The molecule has 36 heavy (non-hydrogen) atoms. The largest absolute Gasteiger partial charge is 0.435 e. The van der Waals surface area contributed by atoms with Crippen molar-refractivity contribution in [3.63, 3.8) is 0 Å². The quantitative estimate of drug-likeness (QED) is 0.450. The average molecular weight is 559 g/mol. The minimum atomic E-state index is -4.79. The van der Waals surface area contributed by atoms with E-state index in [4.69, 9.17) is 28.0 Å². The van der Waals surface area contributed by atoms with Crippen molar-refractivity contribution in [1.29, 1.82) is 0 Å². The Morgan fingerprint density at radius 1 is 1.08 bits per heavy atom. The van der Waals surface area contributed by atoms with E-state index in [-0.39, 0.29) is 39.1 Å². The average Bonchev–Trinajstić information content (AvgIpc) is 3.41. The first-order valence-electron chi connectivity index (χ1n) is 11.8. The van der Waals surface area contributed by atoms with Crippen molar-refractivity contribution in [2.24, 2.45) is 5.16 Å². The number of fused-ring (bicyclic) bond motifs is 1. The maximum atomic E-state index is 14.4. The van der Waals surface area contributed by atoms with Crippen molar-refractivity contribution in [3.05, 3.63) is 54.7 Å². The van der Waals surface area contributed by atoms with E-state index in [0.29, 0.717) is 35.4 Å². The second-order valence-electron chi connectivity index (χ2n) is 9.52. The maximum absolute atomic E-state index is 14.4. The molecule has 0 bridgehead atoms. The molecular weight excluding hydrogens is 536 g/mol. The normalized spacial score (nSPS) is 24.2. The SMILES string of the molecule is O=C1CCCC(NC(=O)c2sc(C3=NOC(c4cc(Cl)cc(Cl)c4)(C(F)(F)F)C3)c3c2CCCC3)C1. The number of nitrogens with zero attached hydrogens (tertiary/aromatic N) is 1. The summed E-state index contributed by atoms with van der Waals surface area (Å²) < 4.78 is 43.3. The van der Waals surface area contributed by atoms with Gasteiger partial charge in [-0.15, -0.1) is 11.3 Å². The van der Waals surface area contributed by atoms with Crippen LogP contribution in [0.15, 0.2) is 23.4 Å². The number of Topliss-reactive ketones (excluding diaryl/α,β-unsaturated/α-hetero) is 1. The third-order valence-electron chi connectivity index (χ3n) is 7.02. The Labute approximate surface area is 220 Å². The van der Waals surface area contributed by atoms with Gasteiger partial charge in [-0.3, -0.25) is 9.59 Å². The first-order valence-corrected chi connectivity index (χ1v) is 13.4. The maximum Gasteiger partial charge on any atom is 0.435 e. The number of benzene rings is 1. The summed E-state index contributed by atoms with van der Waals surface area (Å²) in [5, 5.41) is 7.01. The summed E-state index contributed by atoms with van der Waals surface area (Å²) in [6.07, 6.45) is 0.0346. The topological polar surface area (TPSA) is 67.8 Å². The first-order chi connectivity index (χ1) is 17.1. The molecular formula is C25H23Cl2F3N2O3S. The van der Waals surface area contributed by atoms with Gasteiger partial charge < -0.3 is 10.2 Å². The van der Waals surface area contributed by atoms with Crippen LogP contribution in [0.2, 0.25) is 10.0 Å². The molecule has 1 fully saturated rings. The summed E-state index contributed by atoms with van der Waals surface area (Å²) in [7, 11) is 0. The Morgan fingerprint density at radius 2 is 1.78 bits per heavy atom. The lowest BCUT2D eigenvalue weighted by molar-refractivity contribution is -0.275. The van der Waals surface area contributed by atoms with Crippen molar-refractivity contribution in [1.82, 2.24) is 5.32 Å². The molecule has 1 aromatic carbocycles. The van der Waals surface area contributed by atoms with Gasteiger partial charge in [0.05, 0.1) is 16.2 Å². The molecule has 0 saturated heterocycles. The Bertz CT molecular complexity index is 1240. The van der Waals surface area contributed by atoms with Crippen molar-refractivity contribution in [2.75, 3.05) is 0 Å². The number of halogens is 5. The molecule has 2 aliphatic carbocycles. The number of oxime groups is 1. The molecule has 3 aliphatic rings. The number of amides is 1. The van der Waals surface area contributed by atoms with E-state index >= 15 is 0 Å². The number of carbonyl (C=O) groups is 2. The van der Waals surface area contributed by atoms with E-state index in [1.165, 1.54) is 18.2 Å². The minimum Gasteiger partial charge on any atom is -0.374 e. The van der Waals surface area contributed by atoms with E-state index in [1.54, 1.807) is 0 Å². The summed E-state index contributed by atoms with van der Waals surface area (Å²) in [5.41, 5.74) is -1.08. The smallest absolute Gasteiger partial charge is 0.374 e. The van der Waals surface area contributed by atoms with Crippen LogP contribution in [0.1, 0.15) is 76.2 Å². The van der Waals surface area contributed by atoms with Gasteiger partial charge in [-0.1, -0.05) is 28.4 Å². The molecule has 0 radical (unpaired) electrons. The summed E-state index contributed by atoms with van der Waals surface area (Å²) in [6, 6.07) is 3.51. The van der Waals surface area contributed by atoms with Crippen LogP contribution in [0.4, 0.5) is 13.2 Å². The van der Waals surface area contributed by atoms with Crippen LogP contribution >= 0.6 is 34.5 Å². The van der Waals surface area contributed by atoms with Crippen molar-refractivity contribution >= 4 is 51.9 Å². The lowest BCUT2D eigenvalue weighted by Crippen LogP contribution is -2.42. The Morgan fingerprint density at radius 3 is 2.44 bits per heavy atom. The van der Waals surface area contributed by atoms with Crippen LogP contribution < -0.4 is 5.32 Å². The zero-order valence-electron chi connectivity index (χ0n) is 19.1. The van der Waals surface area contributed by atoms with Gasteiger partial charge in [0.15, 0.2) is 0 Å². The summed E-state index contributed by atoms with van der Waals surface area (Å²) in [4.78, 5) is 31.2. The molecule has 1 N–H and O–H groups in total. The molecule has 2 aromatic rings. The highest BCUT2D eigenvalue weighted by Gasteiger charge is 2.62. The summed E-state index contributed by atoms with van der Waals surface area (Å²) >= 11 is 13.2. The fraction of sp³-hybridized carbons (Fsp3) is 0.480. The van der Waals surface area contributed by atoms with E-state index in [2.05, 4.69) is 10.5 Å². The van der Waals surface area contributed by atoms with E-state index in [0.717, 1.165) is 48.1 Å². The lowest BCUT2D eigenvalue weighted by atomic mass is 9.85. The molecule has 2 atom stereocenters. The van der Waals surface area contributed by atoms with Crippen molar-refractivity contribution in [3.8, 4) is 0 Å². The van der Waals surface area contributed by atoms with E-state index in [9.17, 15) is 22.8 Å². The van der Waals surface area contributed by atoms with Gasteiger partial charge in [0.1, 0.15) is 11.5 Å². The highest BCUT2D eigenvalue weighted by atomic mass is 35.5. The third-order valence-corrected chi connectivity index (χ3v) is 8.78. The number of hydrogen-bond acceptors (Lipinski definition) is 5. The summed E-state index contributed by atoms with van der Waals surface area (Å²) in [6.45, 7) is 0. The number of nitrogens with one attached hydrogen (secondary N) is 1. The van der Waals surface area contributed by atoms with Gasteiger partial charge in [-0.2, -0.15) is 13.2 Å². The predicted molar refractivity (Wildman–Crippen MR) is 132 cm³/mol. The predicted octanol–water partition coefficient (Wildman–Crippen LogP) is 6.76. The van der Waals surface area contributed by atoms with Gasteiger partial charge in [-0.05, 0) is 67.9 Å². The molecule has 5 nitrogen and oxygen atoms in total. The molecule has 1 saturated carbocycles. The highest BCUT2D eigenvalue weighted by Crippen LogP contribution is 2.51. The second kappa shape index (κ2) is 9.65. The Kier molecular flexibility index (Phi) is 6.85. The lowest BCUT2D eigenvalue weighted by Gasteiger charge is -2.29. The molecule has 11 heteroatoms. The zero-order chi connectivity index (χ0) is 25.7. The zero-order valence-corrected chi connectivity index (χ0v) is 21.5. The van der Waals surface area contributed by atoms with Crippen LogP contribution in [0.5, 0.6) is 0 Å². The molecule has 0 spiro atoms. The molecule has 2 unspecified atom stereocenters. The van der Waals surface area contributed by atoms with Gasteiger partial charge in [0.25, 0.3) is 11.5 Å². The number of alkyl halides is 3. The molecule has 192 valence electrons. The van der Waals surface area contributed by atoms with Crippen LogP contribution in [0, 0.1) is 0 Å². The van der Waals surface area contributed by atoms with Crippen molar-refractivity contribution < 1.29 is 27.6 Å². The van der Waals surface area contributed by atoms with Crippen LogP contribution in [0.3, 0.4) is 0 Å². The fourth-order valence-corrected chi connectivity index (χ4v) is 7.07. The Balaban J connectivity index is 1.48. The first kappa shape index (κ1) is 25.5. The molecule has 5 rings (SSSR count). The summed E-state index contributed by atoms with van der Waals surface area (Å²) in [5.74, 6) is -0.158. The fourth-order valence-electron chi connectivity index (χ4n) is 5.26. The Hall–Kier alpha value is -2.10. The second-order valence-corrected chi connectivity index (χ2v) is 11.4. The minimum absolute atomic E-state index is 0.0619. The molecule has 2 heterocycles. The van der Waals surface area contributed by atoms with E-state index in [1.807, 2.05) is 0 Å². The van der Waals surface area contributed by atoms with E-state index < -0.39 is 18.2 Å². The number of carbonyl (C=O) groups excluding carboxylic acids is 2.